The molecule has 0 spiro atoms. The van der Waals surface area contributed by atoms with E-state index in [9.17, 15) is 13.2 Å². The number of carbonyl (C=O) groups is 1. The highest BCUT2D eigenvalue weighted by molar-refractivity contribution is 7.92. The summed E-state index contributed by atoms with van der Waals surface area (Å²) in [6.45, 7) is 0.740. The fraction of sp³-hybridized carbons (Fsp3) is 0.188. The number of hydrogen-bond donors (Lipinski definition) is 2. The van der Waals surface area contributed by atoms with Crippen LogP contribution in [0.25, 0.3) is 0 Å². The second kappa shape index (κ2) is 8.53. The number of carbonyl (C=O) groups excluding carboxylic acids is 1. The third kappa shape index (κ3) is 5.34. The highest BCUT2D eigenvalue weighted by atomic mass is 35.5. The number of rotatable bonds is 7. The predicted octanol–water partition coefficient (Wildman–Crippen LogP) is 3.17. The zero-order valence-electron chi connectivity index (χ0n) is 13.3. The molecule has 0 atom stereocenters. The zero-order chi connectivity index (χ0) is 18.4. The van der Waals surface area contributed by atoms with Crippen molar-refractivity contribution in [2.45, 2.75) is 4.90 Å². The molecule has 2 aromatic rings. The van der Waals surface area contributed by atoms with Gasteiger partial charge in [-0.2, -0.15) is 0 Å². The Labute approximate surface area is 156 Å². The number of sulfonamides is 1. The van der Waals surface area contributed by atoms with Crippen molar-refractivity contribution in [3.05, 3.63) is 58.1 Å². The Balaban J connectivity index is 2.17. The molecule has 0 unspecified atom stereocenters. The van der Waals surface area contributed by atoms with Crippen LogP contribution in [0.5, 0.6) is 0 Å². The summed E-state index contributed by atoms with van der Waals surface area (Å²) in [5.74, 6) is -0.326. The van der Waals surface area contributed by atoms with Crippen LogP contribution in [0.1, 0.15) is 10.4 Å². The van der Waals surface area contributed by atoms with Crippen molar-refractivity contribution in [3.8, 4) is 0 Å². The van der Waals surface area contributed by atoms with Crippen molar-refractivity contribution in [1.82, 2.24) is 5.32 Å². The summed E-state index contributed by atoms with van der Waals surface area (Å²) in [5, 5.41) is 3.06. The van der Waals surface area contributed by atoms with Gasteiger partial charge in [0, 0.05) is 24.9 Å². The molecule has 2 aromatic carbocycles. The third-order valence-electron chi connectivity index (χ3n) is 3.17. The summed E-state index contributed by atoms with van der Waals surface area (Å²) in [6.07, 6.45) is 0. The van der Waals surface area contributed by atoms with Gasteiger partial charge in [0.25, 0.3) is 15.9 Å². The second-order valence-electron chi connectivity index (χ2n) is 5.01. The molecule has 2 rings (SSSR count). The van der Waals surface area contributed by atoms with E-state index in [0.717, 1.165) is 0 Å². The first-order valence-electron chi connectivity index (χ1n) is 7.18. The van der Waals surface area contributed by atoms with E-state index in [4.69, 9.17) is 27.9 Å². The Morgan fingerprint density at radius 3 is 2.56 bits per heavy atom. The number of amides is 1. The van der Waals surface area contributed by atoms with E-state index >= 15 is 0 Å². The Morgan fingerprint density at radius 2 is 1.88 bits per heavy atom. The summed E-state index contributed by atoms with van der Waals surface area (Å²) in [5.41, 5.74) is 0.580. The van der Waals surface area contributed by atoms with Gasteiger partial charge in [-0.15, -0.1) is 0 Å². The lowest BCUT2D eigenvalue weighted by Crippen LogP contribution is -2.27. The first kappa shape index (κ1) is 19.5. The normalized spacial score (nSPS) is 11.2. The van der Waals surface area contributed by atoms with Crippen molar-refractivity contribution in [2.24, 2.45) is 0 Å². The van der Waals surface area contributed by atoms with Gasteiger partial charge in [0.05, 0.1) is 21.5 Å². The minimum atomic E-state index is -3.86. The fourth-order valence-corrected chi connectivity index (χ4v) is 3.39. The molecule has 0 aliphatic rings. The quantitative estimate of drug-likeness (QED) is 0.696. The van der Waals surface area contributed by atoms with Crippen LogP contribution in [0.15, 0.2) is 47.4 Å². The number of halogens is 2. The topological polar surface area (TPSA) is 84.5 Å². The Morgan fingerprint density at radius 1 is 1.12 bits per heavy atom. The van der Waals surface area contributed by atoms with Gasteiger partial charge in [-0.25, -0.2) is 8.42 Å². The van der Waals surface area contributed by atoms with Gasteiger partial charge in [-0.1, -0.05) is 29.3 Å². The van der Waals surface area contributed by atoms with E-state index in [0.29, 0.717) is 18.7 Å². The zero-order valence-corrected chi connectivity index (χ0v) is 15.6. The van der Waals surface area contributed by atoms with Crippen LogP contribution in [0.4, 0.5) is 5.69 Å². The fourth-order valence-electron chi connectivity index (χ4n) is 1.95. The van der Waals surface area contributed by atoms with Crippen molar-refractivity contribution >= 4 is 44.8 Å². The van der Waals surface area contributed by atoms with Crippen LogP contribution < -0.4 is 10.0 Å². The molecule has 9 heteroatoms. The van der Waals surface area contributed by atoms with E-state index in [2.05, 4.69) is 10.0 Å². The van der Waals surface area contributed by atoms with Crippen LogP contribution in [0, 0.1) is 0 Å². The van der Waals surface area contributed by atoms with Crippen LogP contribution in [0.2, 0.25) is 10.0 Å². The predicted molar refractivity (Wildman–Crippen MR) is 97.9 cm³/mol. The molecule has 0 aliphatic carbocycles. The molecule has 25 heavy (non-hydrogen) atoms. The molecule has 0 bridgehead atoms. The van der Waals surface area contributed by atoms with Gasteiger partial charge in [0.2, 0.25) is 0 Å². The number of ether oxygens (including phenoxy) is 1. The average molecular weight is 403 g/mol. The molecular formula is C16H16Cl2N2O4S. The molecule has 0 heterocycles. The highest BCUT2D eigenvalue weighted by Gasteiger charge is 2.16. The summed E-state index contributed by atoms with van der Waals surface area (Å²) in [4.78, 5) is 12.0. The van der Waals surface area contributed by atoms with E-state index in [1.54, 1.807) is 18.2 Å². The van der Waals surface area contributed by atoms with E-state index in [1.807, 2.05) is 0 Å². The van der Waals surface area contributed by atoms with Gasteiger partial charge in [0.15, 0.2) is 0 Å². The lowest BCUT2D eigenvalue weighted by Gasteiger charge is -2.10. The lowest BCUT2D eigenvalue weighted by atomic mass is 10.2. The van der Waals surface area contributed by atoms with E-state index in [1.165, 1.54) is 31.4 Å². The molecule has 0 aliphatic heterocycles. The molecule has 0 radical (unpaired) electrons. The summed E-state index contributed by atoms with van der Waals surface area (Å²) in [6, 6.07) is 10.2. The van der Waals surface area contributed by atoms with Crippen LogP contribution in [0.3, 0.4) is 0 Å². The number of anilines is 1. The van der Waals surface area contributed by atoms with Crippen molar-refractivity contribution in [3.63, 3.8) is 0 Å². The second-order valence-corrected chi connectivity index (χ2v) is 7.51. The number of nitrogens with one attached hydrogen (secondary N) is 2. The molecule has 0 saturated carbocycles. The molecule has 0 fully saturated rings. The molecule has 0 aromatic heterocycles. The Hall–Kier alpha value is -1.80. The third-order valence-corrected chi connectivity index (χ3v) is 5.29. The number of hydrogen-bond acceptors (Lipinski definition) is 4. The minimum absolute atomic E-state index is 0.0307. The summed E-state index contributed by atoms with van der Waals surface area (Å²) < 4.78 is 32.1. The summed E-state index contributed by atoms with van der Waals surface area (Å²) >= 11 is 11.7. The molecule has 134 valence electrons. The van der Waals surface area contributed by atoms with Crippen LogP contribution in [-0.4, -0.2) is 34.6 Å². The van der Waals surface area contributed by atoms with Gasteiger partial charge in [0.1, 0.15) is 0 Å². The Kier molecular flexibility index (Phi) is 6.66. The standard InChI is InChI=1S/C16H16Cl2N2O4S/c1-24-8-7-19-16(21)11-3-2-4-12(9-11)20-25(22,23)13-5-6-14(17)15(18)10-13/h2-6,9-10,20H,7-8H2,1H3,(H,19,21). The van der Waals surface area contributed by atoms with Crippen molar-refractivity contribution in [2.75, 3.05) is 25.0 Å². The molecule has 2 N–H and O–H groups in total. The van der Waals surface area contributed by atoms with Gasteiger partial charge < -0.3 is 10.1 Å². The number of methoxy groups -OCH3 is 1. The van der Waals surface area contributed by atoms with Crippen molar-refractivity contribution in [1.29, 1.82) is 0 Å². The van der Waals surface area contributed by atoms with Crippen molar-refractivity contribution < 1.29 is 17.9 Å². The minimum Gasteiger partial charge on any atom is -0.383 e. The van der Waals surface area contributed by atoms with Gasteiger partial charge in [-0.3, -0.25) is 9.52 Å². The molecule has 1 amide bonds. The average Bonchev–Trinajstić information content (AvgIpc) is 2.57. The summed E-state index contributed by atoms with van der Waals surface area (Å²) in [7, 11) is -2.33. The Bertz CT molecular complexity index is 872. The van der Waals surface area contributed by atoms with E-state index < -0.39 is 10.0 Å². The SMILES string of the molecule is COCCNC(=O)c1cccc(NS(=O)(=O)c2ccc(Cl)c(Cl)c2)c1. The van der Waals surface area contributed by atoms with Crippen LogP contribution >= 0.6 is 23.2 Å². The number of benzene rings is 2. The maximum absolute atomic E-state index is 12.4. The largest absolute Gasteiger partial charge is 0.383 e. The first-order chi connectivity index (χ1) is 11.8. The van der Waals surface area contributed by atoms with Crippen LogP contribution in [-0.2, 0) is 14.8 Å². The molecule has 6 nitrogen and oxygen atoms in total. The maximum atomic E-state index is 12.4. The lowest BCUT2D eigenvalue weighted by molar-refractivity contribution is 0.0937. The molecular weight excluding hydrogens is 387 g/mol. The monoisotopic (exact) mass is 402 g/mol. The smallest absolute Gasteiger partial charge is 0.261 e. The van der Waals surface area contributed by atoms with Gasteiger partial charge >= 0.3 is 0 Å². The van der Waals surface area contributed by atoms with Gasteiger partial charge in [-0.05, 0) is 36.4 Å². The first-order valence-corrected chi connectivity index (χ1v) is 9.42. The van der Waals surface area contributed by atoms with E-state index in [-0.39, 0.29) is 26.5 Å². The maximum Gasteiger partial charge on any atom is 0.261 e. The molecule has 0 saturated heterocycles. The highest BCUT2D eigenvalue weighted by Crippen LogP contribution is 2.26.